The summed E-state index contributed by atoms with van der Waals surface area (Å²) < 4.78 is 1.81. The summed E-state index contributed by atoms with van der Waals surface area (Å²) in [5.74, 6) is 0.940. The highest BCUT2D eigenvalue weighted by atomic mass is 15.4. The molecule has 1 saturated heterocycles. The lowest BCUT2D eigenvalue weighted by molar-refractivity contribution is 0.588. The molecule has 1 aliphatic rings. The zero-order chi connectivity index (χ0) is 15.1. The number of anilines is 1. The Morgan fingerprint density at radius 3 is 2.91 bits per heavy atom. The summed E-state index contributed by atoms with van der Waals surface area (Å²) in [6.45, 7) is 0.883. The fourth-order valence-electron chi connectivity index (χ4n) is 3.25. The van der Waals surface area contributed by atoms with Gasteiger partial charge in [0.15, 0.2) is 5.82 Å². The van der Waals surface area contributed by atoms with Gasteiger partial charge in [0, 0.05) is 42.7 Å². The Balaban J connectivity index is 1.84. The van der Waals surface area contributed by atoms with Gasteiger partial charge in [-0.25, -0.2) is 0 Å². The molecule has 112 valence electrons. The fourth-order valence-corrected chi connectivity index (χ4v) is 3.25. The van der Waals surface area contributed by atoms with Crippen molar-refractivity contribution in [1.29, 1.82) is 0 Å². The molecule has 1 fully saturated rings. The quantitative estimate of drug-likeness (QED) is 0.778. The smallest absolute Gasteiger partial charge is 0.151 e. The summed E-state index contributed by atoms with van der Waals surface area (Å²) in [7, 11) is 1.92. The molecule has 0 amide bonds. The maximum Gasteiger partial charge on any atom is 0.151 e. The topological polar surface area (TPSA) is 72.9 Å². The molecule has 2 atom stereocenters. The van der Waals surface area contributed by atoms with Crippen molar-refractivity contribution >= 4 is 16.6 Å². The van der Waals surface area contributed by atoms with Crippen LogP contribution in [0.2, 0.25) is 0 Å². The lowest BCUT2D eigenvalue weighted by Gasteiger charge is -2.26. The second kappa shape index (κ2) is 5.06. The van der Waals surface area contributed by atoms with E-state index < -0.39 is 0 Å². The molecular formula is C16H18N6. The van der Waals surface area contributed by atoms with Crippen LogP contribution in [0.1, 0.15) is 18.2 Å². The lowest BCUT2D eigenvalue weighted by Crippen LogP contribution is -2.33. The molecule has 0 saturated carbocycles. The summed E-state index contributed by atoms with van der Waals surface area (Å²) >= 11 is 0. The third-order valence-electron chi connectivity index (χ3n) is 4.32. The first-order valence-corrected chi connectivity index (χ1v) is 7.46. The van der Waals surface area contributed by atoms with Crippen molar-refractivity contribution in [2.75, 3.05) is 11.4 Å². The molecule has 22 heavy (non-hydrogen) atoms. The van der Waals surface area contributed by atoms with Crippen LogP contribution in [0, 0.1) is 0 Å². The second-order valence-electron chi connectivity index (χ2n) is 5.76. The summed E-state index contributed by atoms with van der Waals surface area (Å²) in [4.78, 5) is 2.24. The van der Waals surface area contributed by atoms with Gasteiger partial charge in [-0.05, 0) is 6.42 Å². The average molecular weight is 294 g/mol. The van der Waals surface area contributed by atoms with E-state index in [1.165, 1.54) is 0 Å². The molecule has 0 radical (unpaired) electrons. The Hall–Kier alpha value is -2.47. The van der Waals surface area contributed by atoms with Crippen LogP contribution in [0.15, 0.2) is 42.7 Å². The normalized spacial score (nSPS) is 21.6. The molecule has 2 aromatic heterocycles. The Labute approximate surface area is 128 Å². The van der Waals surface area contributed by atoms with Crippen molar-refractivity contribution in [3.05, 3.63) is 48.4 Å². The maximum atomic E-state index is 6.39. The molecule has 6 heteroatoms. The van der Waals surface area contributed by atoms with E-state index in [1.54, 1.807) is 6.20 Å². The first-order chi connectivity index (χ1) is 10.7. The zero-order valence-corrected chi connectivity index (χ0v) is 12.4. The largest absolute Gasteiger partial charge is 0.345 e. The van der Waals surface area contributed by atoms with Crippen LogP contribution in [0.4, 0.5) is 5.82 Å². The summed E-state index contributed by atoms with van der Waals surface area (Å²) in [5, 5.41) is 15.3. The molecule has 1 aromatic carbocycles. The highest BCUT2D eigenvalue weighted by molar-refractivity contribution is 5.84. The molecule has 1 aliphatic heterocycles. The van der Waals surface area contributed by atoms with Crippen LogP contribution in [0.25, 0.3) is 10.8 Å². The lowest BCUT2D eigenvalue weighted by atomic mass is 10.0. The van der Waals surface area contributed by atoms with Gasteiger partial charge < -0.3 is 10.6 Å². The van der Waals surface area contributed by atoms with E-state index in [1.807, 2.05) is 36.1 Å². The fraction of sp³-hybridized carbons (Fsp3) is 0.312. The van der Waals surface area contributed by atoms with Gasteiger partial charge in [0.1, 0.15) is 0 Å². The Bertz CT molecular complexity index is 806. The zero-order valence-electron chi connectivity index (χ0n) is 12.4. The number of hydrogen-bond donors (Lipinski definition) is 1. The van der Waals surface area contributed by atoms with Gasteiger partial charge in [-0.2, -0.15) is 15.3 Å². The van der Waals surface area contributed by atoms with E-state index >= 15 is 0 Å². The number of nitrogens with zero attached hydrogens (tertiary/aromatic N) is 5. The average Bonchev–Trinajstić information content (AvgIpc) is 3.12. The number of nitrogens with two attached hydrogens (primary N) is 1. The third kappa shape index (κ3) is 2.03. The van der Waals surface area contributed by atoms with Gasteiger partial charge in [-0.15, -0.1) is 0 Å². The van der Waals surface area contributed by atoms with Crippen LogP contribution in [-0.2, 0) is 7.05 Å². The Morgan fingerprint density at radius 2 is 2.09 bits per heavy atom. The van der Waals surface area contributed by atoms with Gasteiger partial charge in [0.2, 0.25) is 0 Å². The monoisotopic (exact) mass is 294 g/mol. The number of aryl methyl sites for hydroxylation is 1. The first-order valence-electron chi connectivity index (χ1n) is 7.46. The molecular weight excluding hydrogens is 276 g/mol. The molecule has 0 aliphatic carbocycles. The molecule has 2 unspecified atom stereocenters. The van der Waals surface area contributed by atoms with Gasteiger partial charge in [-0.1, -0.05) is 24.3 Å². The predicted octanol–water partition coefficient (Wildman–Crippen LogP) is 1.64. The van der Waals surface area contributed by atoms with E-state index in [0.717, 1.165) is 35.2 Å². The highest BCUT2D eigenvalue weighted by Crippen LogP contribution is 2.36. The van der Waals surface area contributed by atoms with Crippen LogP contribution in [0.3, 0.4) is 0 Å². The van der Waals surface area contributed by atoms with Crippen LogP contribution in [0.5, 0.6) is 0 Å². The summed E-state index contributed by atoms with van der Waals surface area (Å²) in [5.41, 5.74) is 7.33. The Kier molecular flexibility index (Phi) is 3.04. The standard InChI is InChI=1S/C16H18N6/c1-21-8-7-14(20-21)22-9-6-13(17)16(22)15-12-5-3-2-4-11(12)10-18-19-15/h2-5,7-8,10,13,16H,6,9,17H2,1H3. The van der Waals surface area contributed by atoms with Crippen molar-refractivity contribution in [1.82, 2.24) is 20.0 Å². The number of hydrogen-bond acceptors (Lipinski definition) is 5. The SMILES string of the molecule is Cn1ccc(N2CCC(N)C2c2nncc3ccccc23)n1. The van der Waals surface area contributed by atoms with Crippen molar-refractivity contribution < 1.29 is 0 Å². The van der Waals surface area contributed by atoms with E-state index in [4.69, 9.17) is 5.73 Å². The van der Waals surface area contributed by atoms with E-state index in [-0.39, 0.29) is 12.1 Å². The maximum absolute atomic E-state index is 6.39. The van der Waals surface area contributed by atoms with Crippen LogP contribution >= 0.6 is 0 Å². The molecule has 3 aromatic rings. The number of aromatic nitrogens is 4. The molecule has 4 rings (SSSR count). The first kappa shape index (κ1) is 13.2. The molecule has 0 spiro atoms. The van der Waals surface area contributed by atoms with Crippen molar-refractivity contribution in [3.63, 3.8) is 0 Å². The number of rotatable bonds is 2. The molecule has 6 nitrogen and oxygen atoms in total. The minimum absolute atomic E-state index is 0.00787. The molecule has 2 N–H and O–H groups in total. The third-order valence-corrected chi connectivity index (χ3v) is 4.32. The number of fused-ring (bicyclic) bond motifs is 1. The van der Waals surface area contributed by atoms with E-state index in [2.05, 4.69) is 32.3 Å². The van der Waals surface area contributed by atoms with E-state index in [9.17, 15) is 0 Å². The van der Waals surface area contributed by atoms with Crippen LogP contribution in [-0.4, -0.2) is 32.6 Å². The Morgan fingerprint density at radius 1 is 1.23 bits per heavy atom. The summed E-state index contributed by atoms with van der Waals surface area (Å²) in [6.07, 6.45) is 4.67. The van der Waals surface area contributed by atoms with Gasteiger partial charge >= 0.3 is 0 Å². The molecule has 3 heterocycles. The minimum atomic E-state index is 0.00787. The number of benzene rings is 1. The van der Waals surface area contributed by atoms with E-state index in [0.29, 0.717) is 0 Å². The van der Waals surface area contributed by atoms with Crippen molar-refractivity contribution in [2.24, 2.45) is 12.8 Å². The van der Waals surface area contributed by atoms with Crippen LogP contribution < -0.4 is 10.6 Å². The summed E-state index contributed by atoms with van der Waals surface area (Å²) in [6, 6.07) is 10.2. The highest BCUT2D eigenvalue weighted by Gasteiger charge is 2.36. The minimum Gasteiger partial charge on any atom is -0.345 e. The van der Waals surface area contributed by atoms with Gasteiger partial charge in [0.05, 0.1) is 17.9 Å². The van der Waals surface area contributed by atoms with Crippen molar-refractivity contribution in [2.45, 2.75) is 18.5 Å². The predicted molar refractivity (Wildman–Crippen MR) is 85.4 cm³/mol. The van der Waals surface area contributed by atoms with Gasteiger partial charge in [0.25, 0.3) is 0 Å². The second-order valence-corrected chi connectivity index (χ2v) is 5.76. The van der Waals surface area contributed by atoms with Gasteiger partial charge in [-0.3, -0.25) is 4.68 Å². The van der Waals surface area contributed by atoms with Crippen molar-refractivity contribution in [3.8, 4) is 0 Å². The molecule has 0 bridgehead atoms.